The number of aliphatic imine (C=N–C) groups is 2. The van der Waals surface area contributed by atoms with Crippen LogP contribution in [-0.4, -0.2) is 47.9 Å². The third-order valence-corrected chi connectivity index (χ3v) is 8.50. The molecule has 0 aromatic heterocycles. The number of amidine groups is 1. The average Bonchev–Trinajstić information content (AvgIpc) is 3.24. The lowest BCUT2D eigenvalue weighted by Gasteiger charge is -2.35. The van der Waals surface area contributed by atoms with E-state index in [4.69, 9.17) is 9.98 Å². The van der Waals surface area contributed by atoms with Gasteiger partial charge in [-0.2, -0.15) is 0 Å². The maximum Gasteiger partial charge on any atom is 0.128 e. The quantitative estimate of drug-likeness (QED) is 0.599. The maximum absolute atomic E-state index is 9.79. The van der Waals surface area contributed by atoms with E-state index in [2.05, 4.69) is 67.6 Å². The fourth-order valence-electron chi connectivity index (χ4n) is 5.99. The van der Waals surface area contributed by atoms with E-state index in [1.54, 1.807) is 0 Å². The van der Waals surface area contributed by atoms with Gasteiger partial charge in [0.2, 0.25) is 0 Å². The Bertz CT molecular complexity index is 1010. The zero-order chi connectivity index (χ0) is 23.7. The normalized spacial score (nSPS) is 31.3. The van der Waals surface area contributed by atoms with Crippen LogP contribution in [0.25, 0.3) is 0 Å². The maximum atomic E-state index is 9.79. The summed E-state index contributed by atoms with van der Waals surface area (Å²) < 4.78 is 0. The van der Waals surface area contributed by atoms with Gasteiger partial charge in [0.15, 0.2) is 0 Å². The van der Waals surface area contributed by atoms with E-state index in [9.17, 15) is 5.11 Å². The third-order valence-electron chi connectivity index (χ3n) is 8.50. The molecule has 5 aliphatic rings. The van der Waals surface area contributed by atoms with Crippen molar-refractivity contribution in [2.75, 3.05) is 13.7 Å². The minimum absolute atomic E-state index is 0.0245. The highest BCUT2D eigenvalue weighted by Crippen LogP contribution is 2.38. The molecule has 0 spiro atoms. The number of fused-ring (bicyclic) bond motifs is 3. The summed E-state index contributed by atoms with van der Waals surface area (Å²) in [4.78, 5) is 12.3. The first-order valence-electron chi connectivity index (χ1n) is 13.1. The summed E-state index contributed by atoms with van der Waals surface area (Å²) >= 11 is 0. The van der Waals surface area contributed by atoms with Gasteiger partial charge in [0.25, 0.3) is 0 Å². The summed E-state index contributed by atoms with van der Waals surface area (Å²) in [5.41, 5.74) is 5.31. The molecular weight excluding hydrogens is 420 g/mol. The zero-order valence-corrected chi connectivity index (χ0v) is 21.0. The molecule has 0 amide bonds. The Morgan fingerprint density at radius 1 is 1.12 bits per heavy atom. The Morgan fingerprint density at radius 3 is 2.79 bits per heavy atom. The molecule has 2 aliphatic heterocycles. The van der Waals surface area contributed by atoms with Crippen LogP contribution in [0.3, 0.4) is 0 Å². The van der Waals surface area contributed by atoms with Crippen molar-refractivity contribution in [1.82, 2.24) is 10.2 Å². The molecule has 2 bridgehead atoms. The molecule has 34 heavy (non-hydrogen) atoms. The molecule has 182 valence electrons. The predicted molar refractivity (Wildman–Crippen MR) is 141 cm³/mol. The number of hydrogen-bond acceptors (Lipinski definition) is 5. The monoisotopic (exact) mass is 460 g/mol. The molecule has 0 fully saturated rings. The Labute approximate surface area is 204 Å². The molecule has 2 N–H and O–H groups in total. The number of allylic oxidation sites excluding steroid dienone is 7. The van der Waals surface area contributed by atoms with Gasteiger partial charge in [-0.25, -0.2) is 0 Å². The van der Waals surface area contributed by atoms with Crippen LogP contribution < -0.4 is 5.32 Å². The Hall–Kier alpha value is -2.40. The van der Waals surface area contributed by atoms with Crippen LogP contribution in [-0.2, 0) is 0 Å². The van der Waals surface area contributed by atoms with E-state index in [0.29, 0.717) is 11.8 Å². The Kier molecular flexibility index (Phi) is 6.65. The van der Waals surface area contributed by atoms with Gasteiger partial charge in [-0.05, 0) is 79.4 Å². The number of nitrogens with one attached hydrogen (secondary N) is 1. The Balaban J connectivity index is 1.40. The van der Waals surface area contributed by atoms with E-state index in [0.717, 1.165) is 44.4 Å². The summed E-state index contributed by atoms with van der Waals surface area (Å²) in [5.74, 6) is 2.20. The molecule has 0 radical (unpaired) electrons. The van der Waals surface area contributed by atoms with Gasteiger partial charge in [0, 0.05) is 25.0 Å². The predicted octanol–water partition coefficient (Wildman–Crippen LogP) is 5.29. The van der Waals surface area contributed by atoms with Gasteiger partial charge in [-0.3, -0.25) is 9.98 Å². The summed E-state index contributed by atoms with van der Waals surface area (Å²) in [7, 11) is 2.08. The van der Waals surface area contributed by atoms with Crippen molar-refractivity contribution in [3.63, 3.8) is 0 Å². The smallest absolute Gasteiger partial charge is 0.128 e. The van der Waals surface area contributed by atoms with Crippen LogP contribution in [0.5, 0.6) is 0 Å². The number of aliphatic hydroxyl groups excluding tert-OH is 1. The molecule has 4 atom stereocenters. The number of aliphatic hydroxyl groups is 1. The lowest BCUT2D eigenvalue weighted by atomic mass is 9.73. The van der Waals surface area contributed by atoms with E-state index < -0.39 is 0 Å². The summed E-state index contributed by atoms with van der Waals surface area (Å²) in [5, 5.41) is 13.6. The van der Waals surface area contributed by atoms with E-state index in [1.807, 2.05) is 6.34 Å². The van der Waals surface area contributed by atoms with E-state index >= 15 is 0 Å². The first kappa shape index (κ1) is 23.3. The fraction of sp³-hybridized carbons (Fsp3) is 0.586. The van der Waals surface area contributed by atoms with Gasteiger partial charge < -0.3 is 15.3 Å². The van der Waals surface area contributed by atoms with Crippen molar-refractivity contribution in [2.24, 2.45) is 27.2 Å². The van der Waals surface area contributed by atoms with Gasteiger partial charge >= 0.3 is 0 Å². The first-order valence-corrected chi connectivity index (χ1v) is 13.1. The number of nitrogens with zero attached hydrogens (tertiary/aromatic N) is 3. The van der Waals surface area contributed by atoms with Crippen molar-refractivity contribution >= 4 is 12.2 Å². The topological polar surface area (TPSA) is 60.2 Å². The molecule has 5 heteroatoms. The first-order chi connectivity index (χ1) is 16.4. The second kappa shape index (κ2) is 9.69. The van der Waals surface area contributed by atoms with Crippen molar-refractivity contribution in [3.05, 3.63) is 59.0 Å². The molecule has 4 unspecified atom stereocenters. The van der Waals surface area contributed by atoms with Crippen LogP contribution in [0.2, 0.25) is 0 Å². The molecule has 0 aromatic carbocycles. The van der Waals surface area contributed by atoms with E-state index in [1.165, 1.54) is 35.4 Å². The molecule has 2 heterocycles. The minimum atomic E-state index is -0.0245. The molecule has 0 saturated heterocycles. The standard InChI is InChI=1S/C29H40N4O/c1-29(2,18-34)23-11-13-24(14-12-23)31-28-22-8-4-6-20(16-22)7-5-9-25(32-28)21-10-15-27-26(17-21)30-19-33(27)3/h4,6,8,10,13,15,19-20,23,25-26,34H,5,7,9,11-12,14,16-18H2,1-3H3,(H,31,32). The highest BCUT2D eigenvalue weighted by Gasteiger charge is 2.32. The SMILES string of the molecule is CN1C=NC2CC(C3CCCC4C=CC=C(C4)C(NC4=CCC(C(C)(C)CO)CC4)=N3)=CC=C21. The molecule has 5 nitrogen and oxygen atoms in total. The lowest BCUT2D eigenvalue weighted by Crippen LogP contribution is -2.33. The second-order valence-electron chi connectivity index (χ2n) is 11.4. The van der Waals surface area contributed by atoms with Crippen molar-refractivity contribution in [1.29, 1.82) is 0 Å². The summed E-state index contributed by atoms with van der Waals surface area (Å²) in [6.45, 7) is 4.61. The van der Waals surface area contributed by atoms with Crippen molar-refractivity contribution in [3.8, 4) is 0 Å². The number of rotatable bonds is 4. The summed E-state index contributed by atoms with van der Waals surface area (Å²) in [6.07, 6.45) is 24.4. The average molecular weight is 461 g/mol. The second-order valence-corrected chi connectivity index (χ2v) is 11.4. The van der Waals surface area contributed by atoms with Gasteiger partial charge in [-0.15, -0.1) is 0 Å². The van der Waals surface area contributed by atoms with Crippen LogP contribution in [0.15, 0.2) is 69.0 Å². The number of hydrogen-bond donors (Lipinski definition) is 2. The van der Waals surface area contributed by atoms with Crippen LogP contribution >= 0.6 is 0 Å². The van der Waals surface area contributed by atoms with Crippen molar-refractivity contribution < 1.29 is 5.11 Å². The largest absolute Gasteiger partial charge is 0.396 e. The fourth-order valence-corrected chi connectivity index (χ4v) is 5.99. The molecule has 3 aliphatic carbocycles. The highest BCUT2D eigenvalue weighted by molar-refractivity contribution is 6.00. The molecule has 5 rings (SSSR count). The van der Waals surface area contributed by atoms with Gasteiger partial charge in [0.1, 0.15) is 5.84 Å². The minimum Gasteiger partial charge on any atom is -0.396 e. The highest BCUT2D eigenvalue weighted by atomic mass is 16.3. The van der Waals surface area contributed by atoms with Crippen LogP contribution in [0.4, 0.5) is 0 Å². The number of likely N-dealkylation sites (N-methyl/N-ethyl adjacent to an activating group) is 1. The van der Waals surface area contributed by atoms with Gasteiger partial charge in [0.05, 0.1) is 18.4 Å². The van der Waals surface area contributed by atoms with Crippen molar-refractivity contribution in [2.45, 2.75) is 77.3 Å². The molecule has 0 aromatic rings. The third kappa shape index (κ3) is 4.86. The van der Waals surface area contributed by atoms with E-state index in [-0.39, 0.29) is 24.1 Å². The van der Waals surface area contributed by atoms with Crippen LogP contribution in [0, 0.1) is 17.3 Å². The zero-order valence-electron chi connectivity index (χ0n) is 21.0. The molecule has 0 saturated carbocycles. The van der Waals surface area contributed by atoms with Gasteiger partial charge in [-0.1, -0.05) is 50.6 Å². The Morgan fingerprint density at radius 2 is 2.00 bits per heavy atom. The lowest BCUT2D eigenvalue weighted by molar-refractivity contribution is 0.0891. The van der Waals surface area contributed by atoms with Crippen LogP contribution in [0.1, 0.15) is 65.2 Å². The summed E-state index contributed by atoms with van der Waals surface area (Å²) in [6, 6.07) is 0.448. The molecular formula is C29H40N4O.